The monoisotopic (exact) mass is 399 g/mol. The van der Waals surface area contributed by atoms with Gasteiger partial charge in [0.25, 0.3) is 0 Å². The molecule has 7 heteroatoms. The van der Waals surface area contributed by atoms with Crippen molar-refractivity contribution in [2.75, 3.05) is 39.8 Å². The smallest absolute Gasteiger partial charge is 0.234 e. The summed E-state index contributed by atoms with van der Waals surface area (Å²) in [6, 6.07) is 10.5. The Bertz CT molecular complexity index is 775. The number of guanidine groups is 1. The average molecular weight is 400 g/mol. The lowest BCUT2D eigenvalue weighted by atomic mass is 10.1. The molecular weight excluding hydrogens is 366 g/mol. The first-order valence-corrected chi connectivity index (χ1v) is 10.6. The van der Waals surface area contributed by atoms with Crippen LogP contribution in [0.15, 0.2) is 39.7 Å². The third-order valence-corrected chi connectivity index (χ3v) is 5.23. The number of fused-ring (bicyclic) bond motifs is 1. The summed E-state index contributed by atoms with van der Waals surface area (Å²) in [4.78, 5) is 18.4. The van der Waals surface area contributed by atoms with Gasteiger partial charge in [0.1, 0.15) is 11.3 Å². The van der Waals surface area contributed by atoms with Gasteiger partial charge < -0.3 is 20.4 Å². The normalized spacial score (nSPS) is 16.1. The van der Waals surface area contributed by atoms with E-state index in [2.05, 4.69) is 44.9 Å². The van der Waals surface area contributed by atoms with E-state index in [1.807, 2.05) is 18.2 Å². The number of furan rings is 1. The summed E-state index contributed by atoms with van der Waals surface area (Å²) in [6.07, 6.45) is 3.79. The number of amides is 1. The van der Waals surface area contributed by atoms with Crippen LogP contribution in [0.3, 0.4) is 0 Å². The molecule has 29 heavy (non-hydrogen) atoms. The highest BCUT2D eigenvalue weighted by atomic mass is 16.3. The van der Waals surface area contributed by atoms with E-state index in [1.165, 1.54) is 0 Å². The van der Waals surface area contributed by atoms with Gasteiger partial charge in [0, 0.05) is 51.1 Å². The minimum Gasteiger partial charge on any atom is -0.461 e. The number of benzene rings is 1. The second-order valence-corrected chi connectivity index (χ2v) is 7.54. The van der Waals surface area contributed by atoms with Crippen LogP contribution in [0.5, 0.6) is 0 Å². The zero-order valence-electron chi connectivity index (χ0n) is 17.5. The highest BCUT2D eigenvalue weighted by Crippen LogP contribution is 2.18. The van der Waals surface area contributed by atoms with Crippen LogP contribution in [0.1, 0.15) is 31.9 Å². The fraction of sp³-hybridized carbons (Fsp3) is 0.545. The molecule has 0 radical (unpaired) electrons. The first-order chi connectivity index (χ1) is 14.2. The summed E-state index contributed by atoms with van der Waals surface area (Å²) in [5, 5.41) is 11.0. The van der Waals surface area contributed by atoms with Crippen LogP contribution in [0, 0.1) is 0 Å². The Morgan fingerprint density at radius 1 is 1.21 bits per heavy atom. The molecule has 1 saturated heterocycles. The van der Waals surface area contributed by atoms with Gasteiger partial charge in [-0.1, -0.05) is 25.1 Å². The first kappa shape index (κ1) is 21.2. The Labute approximate surface area is 172 Å². The summed E-state index contributed by atoms with van der Waals surface area (Å²) in [6.45, 7) is 5.93. The molecule has 0 bridgehead atoms. The lowest BCUT2D eigenvalue weighted by Gasteiger charge is -2.32. The Kier molecular flexibility index (Phi) is 7.93. The fourth-order valence-corrected chi connectivity index (χ4v) is 3.61. The largest absolute Gasteiger partial charge is 0.461 e. The van der Waals surface area contributed by atoms with Gasteiger partial charge in [0.05, 0.1) is 6.54 Å². The van der Waals surface area contributed by atoms with Crippen LogP contribution in [0.2, 0.25) is 0 Å². The van der Waals surface area contributed by atoms with Gasteiger partial charge in [-0.15, -0.1) is 0 Å². The average Bonchev–Trinajstić information content (AvgIpc) is 3.15. The lowest BCUT2D eigenvalue weighted by Crippen LogP contribution is -2.50. The third kappa shape index (κ3) is 6.49. The predicted octanol–water partition coefficient (Wildman–Crippen LogP) is 2.13. The number of carbonyl (C=O) groups is 1. The summed E-state index contributed by atoms with van der Waals surface area (Å²) >= 11 is 0. The van der Waals surface area contributed by atoms with Gasteiger partial charge in [0.15, 0.2) is 5.96 Å². The van der Waals surface area contributed by atoms with Crippen LogP contribution in [0.25, 0.3) is 11.0 Å². The molecular formula is C22H33N5O2. The number of likely N-dealkylation sites (tertiary alicyclic amines) is 1. The van der Waals surface area contributed by atoms with Crippen molar-refractivity contribution in [1.29, 1.82) is 0 Å². The Balaban J connectivity index is 1.36. The molecule has 7 nitrogen and oxygen atoms in total. The molecule has 158 valence electrons. The molecule has 0 unspecified atom stereocenters. The minimum absolute atomic E-state index is 0.126. The molecule has 1 aromatic carbocycles. The fourth-order valence-electron chi connectivity index (χ4n) is 3.61. The number of piperidine rings is 1. The molecule has 3 rings (SSSR count). The highest BCUT2D eigenvalue weighted by molar-refractivity contribution is 5.80. The first-order valence-electron chi connectivity index (χ1n) is 10.6. The number of hydrogen-bond donors (Lipinski definition) is 3. The molecule has 0 spiro atoms. The van der Waals surface area contributed by atoms with Crippen molar-refractivity contribution < 1.29 is 9.21 Å². The van der Waals surface area contributed by atoms with Crippen molar-refractivity contribution in [3.05, 3.63) is 36.1 Å². The van der Waals surface area contributed by atoms with E-state index in [-0.39, 0.29) is 5.91 Å². The summed E-state index contributed by atoms with van der Waals surface area (Å²) in [5.41, 5.74) is 0.931. The number of nitrogens with one attached hydrogen (secondary N) is 3. The van der Waals surface area contributed by atoms with E-state index >= 15 is 0 Å². The summed E-state index contributed by atoms with van der Waals surface area (Å²) < 4.78 is 5.86. The lowest BCUT2D eigenvalue weighted by molar-refractivity contribution is -0.122. The zero-order valence-corrected chi connectivity index (χ0v) is 17.5. The highest BCUT2D eigenvalue weighted by Gasteiger charge is 2.21. The Hall–Kier alpha value is -2.54. The third-order valence-electron chi connectivity index (χ3n) is 5.23. The van der Waals surface area contributed by atoms with E-state index < -0.39 is 0 Å². The van der Waals surface area contributed by atoms with Crippen molar-refractivity contribution in [2.45, 2.75) is 38.6 Å². The van der Waals surface area contributed by atoms with Crippen molar-refractivity contribution in [3.8, 4) is 0 Å². The van der Waals surface area contributed by atoms with E-state index in [1.54, 1.807) is 7.05 Å². The van der Waals surface area contributed by atoms with Gasteiger partial charge >= 0.3 is 0 Å². The second kappa shape index (κ2) is 10.9. The van der Waals surface area contributed by atoms with E-state index in [0.29, 0.717) is 12.6 Å². The maximum Gasteiger partial charge on any atom is 0.234 e. The number of rotatable bonds is 8. The minimum atomic E-state index is 0.126. The van der Waals surface area contributed by atoms with Crippen LogP contribution < -0.4 is 16.0 Å². The van der Waals surface area contributed by atoms with Gasteiger partial charge in [-0.3, -0.25) is 14.7 Å². The Morgan fingerprint density at radius 3 is 2.72 bits per heavy atom. The molecule has 0 atom stereocenters. The molecule has 1 aliphatic heterocycles. The molecule has 0 saturated carbocycles. The van der Waals surface area contributed by atoms with Crippen LogP contribution in [-0.4, -0.2) is 62.6 Å². The van der Waals surface area contributed by atoms with Crippen molar-refractivity contribution in [1.82, 2.24) is 20.9 Å². The standard InChI is InChI=1S/C22H33N5O2/c1-3-11-24-21(28)16-27-13-9-18(10-14-27)26-22(23-2)25-12-8-19-15-17-6-4-5-7-20(17)29-19/h4-7,15,18H,3,8-14,16H2,1-2H3,(H,24,28)(H2,23,25,26). The molecule has 1 aliphatic rings. The van der Waals surface area contributed by atoms with Gasteiger partial charge in [0.2, 0.25) is 5.91 Å². The quantitative estimate of drug-likeness (QED) is 0.468. The van der Waals surface area contributed by atoms with Crippen molar-refractivity contribution in [3.63, 3.8) is 0 Å². The number of para-hydroxylation sites is 1. The van der Waals surface area contributed by atoms with E-state index in [9.17, 15) is 4.79 Å². The molecule has 2 heterocycles. The van der Waals surface area contributed by atoms with Gasteiger partial charge in [-0.25, -0.2) is 0 Å². The number of aliphatic imine (C=N–C) groups is 1. The van der Waals surface area contributed by atoms with Gasteiger partial charge in [-0.05, 0) is 31.4 Å². The molecule has 1 aromatic heterocycles. The van der Waals surface area contributed by atoms with Gasteiger partial charge in [-0.2, -0.15) is 0 Å². The Morgan fingerprint density at radius 2 is 2.00 bits per heavy atom. The molecule has 3 N–H and O–H groups in total. The molecule has 1 fully saturated rings. The number of hydrogen-bond acceptors (Lipinski definition) is 4. The van der Waals surface area contributed by atoms with Crippen LogP contribution in [0.4, 0.5) is 0 Å². The molecule has 1 amide bonds. The van der Waals surface area contributed by atoms with Crippen LogP contribution >= 0.6 is 0 Å². The predicted molar refractivity (Wildman–Crippen MR) is 117 cm³/mol. The topological polar surface area (TPSA) is 81.9 Å². The van der Waals surface area contributed by atoms with E-state index in [0.717, 1.165) is 74.6 Å². The van der Waals surface area contributed by atoms with Crippen molar-refractivity contribution in [2.24, 2.45) is 4.99 Å². The van der Waals surface area contributed by atoms with Crippen LogP contribution in [-0.2, 0) is 11.2 Å². The molecule has 2 aromatic rings. The second-order valence-electron chi connectivity index (χ2n) is 7.54. The number of nitrogens with zero attached hydrogens (tertiary/aromatic N) is 2. The maximum absolute atomic E-state index is 11.9. The zero-order chi connectivity index (χ0) is 20.5. The summed E-state index contributed by atoms with van der Waals surface area (Å²) in [7, 11) is 1.80. The summed E-state index contributed by atoms with van der Waals surface area (Å²) in [5.74, 6) is 1.92. The molecule has 0 aliphatic carbocycles. The number of carbonyl (C=O) groups excluding carboxylic acids is 1. The van der Waals surface area contributed by atoms with E-state index in [4.69, 9.17) is 4.42 Å². The maximum atomic E-state index is 11.9. The van der Waals surface area contributed by atoms with Crippen molar-refractivity contribution >= 4 is 22.8 Å². The SMILES string of the molecule is CCCNC(=O)CN1CCC(NC(=NC)NCCc2cc3ccccc3o2)CC1.